The number of nitrogens with two attached hydrogens (primary N) is 1. The summed E-state index contributed by atoms with van der Waals surface area (Å²) in [6, 6.07) is 7.95. The van der Waals surface area contributed by atoms with Crippen LogP contribution in [-0.4, -0.2) is 4.98 Å². The van der Waals surface area contributed by atoms with E-state index in [1.54, 1.807) is 5.51 Å². The third kappa shape index (κ3) is 0.716. The van der Waals surface area contributed by atoms with Gasteiger partial charge in [-0.3, -0.25) is 0 Å². The second-order valence-electron chi connectivity index (χ2n) is 2.07. The molecule has 1 aromatic heterocycles. The van der Waals surface area contributed by atoms with E-state index in [1.165, 1.54) is 0 Å². The van der Waals surface area contributed by atoms with Gasteiger partial charge >= 0.3 is 0 Å². The quantitative estimate of drug-likeness (QED) is 0.582. The molecule has 0 aliphatic carbocycles. The molecule has 50 valence electrons. The predicted octanol–water partition coefficient (Wildman–Crippen LogP) is 1.70. The van der Waals surface area contributed by atoms with Crippen LogP contribution in [0.25, 0.3) is 10.2 Å². The number of hydrogen-bond acceptors (Lipinski definition) is 2. The zero-order valence-electron chi connectivity index (χ0n) is 5.32. The van der Waals surface area contributed by atoms with Gasteiger partial charge in [-0.1, -0.05) is 12.1 Å². The summed E-state index contributed by atoms with van der Waals surface area (Å²) in [5.74, 6) is 0. The average molecular weight is 151 g/mol. The summed E-state index contributed by atoms with van der Waals surface area (Å²) in [4.78, 5) is 4.14. The van der Waals surface area contributed by atoms with Crippen LogP contribution in [0, 0.1) is 0 Å². The topological polar surface area (TPSA) is 38.9 Å². The Morgan fingerprint density at radius 1 is 1.30 bits per heavy atom. The fourth-order valence-electron chi connectivity index (χ4n) is 0.933. The second-order valence-corrected chi connectivity index (χ2v) is 3.47. The van der Waals surface area contributed by atoms with E-state index in [4.69, 9.17) is 5.14 Å². The van der Waals surface area contributed by atoms with E-state index < -0.39 is 0 Å². The minimum Gasteiger partial charge on any atom is -0.198 e. The van der Waals surface area contributed by atoms with Gasteiger partial charge in [0.05, 0.1) is 10.7 Å². The molecule has 0 aliphatic rings. The molecule has 1 aromatic carbocycles. The lowest BCUT2D eigenvalue weighted by molar-refractivity contribution is 1.50. The fraction of sp³-hybridized carbons (Fsp3) is 0. The summed E-state index contributed by atoms with van der Waals surface area (Å²) in [6.45, 7) is 0. The number of fused-ring (bicyclic) bond motifs is 1. The van der Waals surface area contributed by atoms with Gasteiger partial charge in [0.25, 0.3) is 5.51 Å². The zero-order chi connectivity index (χ0) is 6.97. The maximum atomic E-state index is 5.72. The van der Waals surface area contributed by atoms with E-state index in [0.29, 0.717) is 0 Å². The number of para-hydroxylation sites is 1. The molecule has 2 aromatic rings. The van der Waals surface area contributed by atoms with Crippen LogP contribution in [0.5, 0.6) is 0 Å². The van der Waals surface area contributed by atoms with Gasteiger partial charge in [0, 0.05) is 6.07 Å². The third-order valence-electron chi connectivity index (χ3n) is 1.42. The van der Waals surface area contributed by atoms with Crippen molar-refractivity contribution >= 4 is 20.9 Å². The van der Waals surface area contributed by atoms with E-state index >= 15 is 0 Å². The number of nitrogens with zero attached hydrogens (tertiary/aromatic N) is 1. The lowest BCUT2D eigenvalue weighted by Crippen LogP contribution is -1.74. The Bertz CT molecular complexity index is 353. The molecule has 0 spiro atoms. The summed E-state index contributed by atoms with van der Waals surface area (Å²) < 4.78 is 1.16. The van der Waals surface area contributed by atoms with E-state index in [1.807, 2.05) is 24.3 Å². The minimum absolute atomic E-state index is 0.239. The van der Waals surface area contributed by atoms with Gasteiger partial charge in [-0.15, -0.1) is 5.14 Å². The lowest BCUT2D eigenvalue weighted by Gasteiger charge is -1.77. The highest BCUT2D eigenvalue weighted by molar-refractivity contribution is 7.35. The van der Waals surface area contributed by atoms with Crippen molar-refractivity contribution in [2.75, 3.05) is 5.14 Å². The SMILES string of the molecule is N[s+]1cnc2ccccc21. The van der Waals surface area contributed by atoms with Crippen molar-refractivity contribution in [3.05, 3.63) is 29.8 Å². The molecular formula is C7H7N2S+. The zero-order valence-corrected chi connectivity index (χ0v) is 6.14. The maximum Gasteiger partial charge on any atom is 0.252 e. The molecule has 0 bridgehead atoms. The van der Waals surface area contributed by atoms with Crippen LogP contribution in [0.1, 0.15) is 0 Å². The van der Waals surface area contributed by atoms with Gasteiger partial charge in [0.1, 0.15) is 5.52 Å². The van der Waals surface area contributed by atoms with Crippen LogP contribution in [0.3, 0.4) is 0 Å². The number of hydrogen-bond donors (Lipinski definition) is 1. The maximum absolute atomic E-state index is 5.72. The van der Waals surface area contributed by atoms with Gasteiger partial charge in [-0.05, 0) is 6.07 Å². The summed E-state index contributed by atoms with van der Waals surface area (Å²) in [5, 5.41) is 5.72. The van der Waals surface area contributed by atoms with Crippen LogP contribution in [0.15, 0.2) is 29.8 Å². The first-order valence-electron chi connectivity index (χ1n) is 2.98. The van der Waals surface area contributed by atoms with Crippen LogP contribution >= 0.6 is 10.7 Å². The molecule has 0 fully saturated rings. The summed E-state index contributed by atoms with van der Waals surface area (Å²) in [6.07, 6.45) is 0. The molecule has 1 unspecified atom stereocenters. The second kappa shape index (κ2) is 2.04. The molecule has 0 amide bonds. The highest BCUT2D eigenvalue weighted by Crippen LogP contribution is 2.22. The van der Waals surface area contributed by atoms with Crippen LogP contribution in [-0.2, 0) is 0 Å². The molecule has 0 saturated carbocycles. The smallest absolute Gasteiger partial charge is 0.198 e. The van der Waals surface area contributed by atoms with Gasteiger partial charge in [-0.2, -0.15) is 4.98 Å². The van der Waals surface area contributed by atoms with Gasteiger partial charge < -0.3 is 0 Å². The van der Waals surface area contributed by atoms with E-state index in [0.717, 1.165) is 10.2 Å². The minimum atomic E-state index is -0.239. The van der Waals surface area contributed by atoms with Crippen LogP contribution in [0.2, 0.25) is 0 Å². The van der Waals surface area contributed by atoms with Crippen LogP contribution in [0.4, 0.5) is 0 Å². The Labute approximate surface area is 61.4 Å². The molecule has 2 rings (SSSR count). The molecule has 2 N–H and O–H groups in total. The van der Waals surface area contributed by atoms with Gasteiger partial charge in [-0.25, -0.2) is 0 Å². The first-order valence-corrected chi connectivity index (χ1v) is 4.34. The number of benzene rings is 1. The van der Waals surface area contributed by atoms with Crippen molar-refractivity contribution in [3.63, 3.8) is 0 Å². The van der Waals surface area contributed by atoms with E-state index in [9.17, 15) is 0 Å². The average Bonchev–Trinajstić information content (AvgIpc) is 2.34. The van der Waals surface area contributed by atoms with Crippen molar-refractivity contribution in [1.82, 2.24) is 4.98 Å². The van der Waals surface area contributed by atoms with Crippen LogP contribution < -0.4 is 5.14 Å². The van der Waals surface area contributed by atoms with Gasteiger partial charge in [0.15, 0.2) is 0 Å². The van der Waals surface area contributed by atoms with Crippen molar-refractivity contribution in [2.24, 2.45) is 0 Å². The molecular weight excluding hydrogens is 144 g/mol. The Kier molecular flexibility index (Phi) is 1.19. The van der Waals surface area contributed by atoms with Crippen molar-refractivity contribution < 1.29 is 0 Å². The summed E-state index contributed by atoms with van der Waals surface area (Å²) in [5.41, 5.74) is 2.82. The summed E-state index contributed by atoms with van der Waals surface area (Å²) in [7, 11) is -0.239. The number of nitrogen functional groups attached to an aromatic ring is 1. The number of rotatable bonds is 0. The predicted molar refractivity (Wildman–Crippen MR) is 44.4 cm³/mol. The molecule has 0 radical (unpaired) electrons. The molecule has 10 heavy (non-hydrogen) atoms. The fourth-order valence-corrected chi connectivity index (χ4v) is 1.87. The number of thiazole rings is 1. The summed E-state index contributed by atoms with van der Waals surface area (Å²) >= 11 is 0. The molecule has 0 aliphatic heterocycles. The van der Waals surface area contributed by atoms with Crippen molar-refractivity contribution in [1.29, 1.82) is 0 Å². The first kappa shape index (κ1) is 5.82. The highest BCUT2D eigenvalue weighted by atomic mass is 32.2. The normalized spacial score (nSPS) is 12.3. The Hall–Kier alpha value is -0.930. The largest absolute Gasteiger partial charge is 0.252 e. The monoisotopic (exact) mass is 151 g/mol. The van der Waals surface area contributed by atoms with E-state index in [-0.39, 0.29) is 10.7 Å². The molecule has 1 atom stereocenters. The Balaban J connectivity index is 2.93. The van der Waals surface area contributed by atoms with Gasteiger partial charge in [0.2, 0.25) is 4.70 Å². The van der Waals surface area contributed by atoms with E-state index in [2.05, 4.69) is 4.98 Å². The highest BCUT2D eigenvalue weighted by Gasteiger charge is 2.06. The molecule has 1 heterocycles. The Morgan fingerprint density at radius 2 is 2.10 bits per heavy atom. The standard InChI is InChI=1S/C7H7N2S/c8-10-5-9-6-3-1-2-4-7(6)10/h1-5H,8H2/q+1. The first-order chi connectivity index (χ1) is 4.88. The third-order valence-corrected chi connectivity index (χ3v) is 2.61. The van der Waals surface area contributed by atoms with Crippen molar-refractivity contribution in [3.8, 4) is 0 Å². The molecule has 2 nitrogen and oxygen atoms in total. The lowest BCUT2D eigenvalue weighted by atomic mass is 10.3. The molecule has 0 saturated heterocycles. The Morgan fingerprint density at radius 3 is 2.90 bits per heavy atom. The number of aromatic nitrogens is 1. The molecule has 3 heteroatoms. The van der Waals surface area contributed by atoms with Crippen molar-refractivity contribution in [2.45, 2.75) is 0 Å².